The number of rotatable bonds is 4. The second kappa shape index (κ2) is 5.37. The van der Waals surface area contributed by atoms with Gasteiger partial charge in [0.15, 0.2) is 12.4 Å². The number of fused-ring (bicyclic) bond motifs is 1. The largest absolute Gasteiger partial charge is 0.489 e. The maximum absolute atomic E-state index is 11.8. The molecule has 0 aromatic heterocycles. The highest BCUT2D eigenvalue weighted by Gasteiger charge is 2.19. The SMILES string of the molecule is NC(=O)CONC(=O)c1cccc2c1OCCN2. The molecule has 0 aliphatic carbocycles. The van der Waals surface area contributed by atoms with Gasteiger partial charge in [0.2, 0.25) is 5.91 Å². The van der Waals surface area contributed by atoms with E-state index in [1.165, 1.54) is 0 Å². The third-order valence-corrected chi connectivity index (χ3v) is 2.30. The first kappa shape index (κ1) is 12.2. The monoisotopic (exact) mass is 251 g/mol. The lowest BCUT2D eigenvalue weighted by Gasteiger charge is -2.21. The molecular weight excluding hydrogens is 238 g/mol. The number of amides is 2. The van der Waals surface area contributed by atoms with Crippen LogP contribution in [0.25, 0.3) is 0 Å². The zero-order valence-corrected chi connectivity index (χ0v) is 9.56. The number of para-hydroxylation sites is 1. The highest BCUT2D eigenvalue weighted by Crippen LogP contribution is 2.30. The van der Waals surface area contributed by atoms with Crippen molar-refractivity contribution in [1.29, 1.82) is 0 Å². The number of nitrogens with one attached hydrogen (secondary N) is 2. The molecule has 2 amide bonds. The molecule has 7 heteroatoms. The van der Waals surface area contributed by atoms with E-state index in [1.807, 2.05) is 6.07 Å². The van der Waals surface area contributed by atoms with Gasteiger partial charge in [-0.05, 0) is 12.1 Å². The van der Waals surface area contributed by atoms with E-state index >= 15 is 0 Å². The first-order valence-electron chi connectivity index (χ1n) is 5.38. The molecule has 1 heterocycles. The summed E-state index contributed by atoms with van der Waals surface area (Å²) >= 11 is 0. The van der Waals surface area contributed by atoms with E-state index in [2.05, 4.69) is 15.6 Å². The molecular formula is C11H13N3O4. The van der Waals surface area contributed by atoms with Gasteiger partial charge in [-0.3, -0.25) is 14.4 Å². The van der Waals surface area contributed by atoms with Crippen molar-refractivity contribution in [3.63, 3.8) is 0 Å². The Morgan fingerprint density at radius 3 is 3.11 bits per heavy atom. The number of carbonyl (C=O) groups excluding carboxylic acids is 2. The summed E-state index contributed by atoms with van der Waals surface area (Å²) in [5.41, 5.74) is 8.10. The van der Waals surface area contributed by atoms with Gasteiger partial charge in [-0.25, -0.2) is 5.48 Å². The van der Waals surface area contributed by atoms with Crippen LogP contribution in [0, 0.1) is 0 Å². The summed E-state index contributed by atoms with van der Waals surface area (Å²) in [6.45, 7) is 0.801. The summed E-state index contributed by atoms with van der Waals surface area (Å²) in [6.07, 6.45) is 0. The average molecular weight is 251 g/mol. The van der Waals surface area contributed by atoms with Crippen LogP contribution in [0.2, 0.25) is 0 Å². The van der Waals surface area contributed by atoms with E-state index in [0.717, 1.165) is 5.69 Å². The van der Waals surface area contributed by atoms with Crippen molar-refractivity contribution in [2.45, 2.75) is 0 Å². The van der Waals surface area contributed by atoms with Crippen molar-refractivity contribution < 1.29 is 19.2 Å². The van der Waals surface area contributed by atoms with E-state index in [1.54, 1.807) is 12.1 Å². The molecule has 18 heavy (non-hydrogen) atoms. The van der Waals surface area contributed by atoms with Gasteiger partial charge in [-0.15, -0.1) is 0 Å². The van der Waals surface area contributed by atoms with Crippen molar-refractivity contribution in [2.75, 3.05) is 25.1 Å². The Morgan fingerprint density at radius 1 is 1.50 bits per heavy atom. The third-order valence-electron chi connectivity index (χ3n) is 2.30. The Balaban J connectivity index is 2.08. The molecule has 1 aromatic rings. The number of ether oxygens (including phenoxy) is 1. The second-order valence-electron chi connectivity index (χ2n) is 3.64. The van der Waals surface area contributed by atoms with Gasteiger partial charge in [0, 0.05) is 6.54 Å². The predicted molar refractivity (Wildman–Crippen MR) is 63.0 cm³/mol. The summed E-state index contributed by atoms with van der Waals surface area (Å²) in [5, 5.41) is 3.11. The van der Waals surface area contributed by atoms with Gasteiger partial charge in [0.1, 0.15) is 6.61 Å². The molecule has 0 unspecified atom stereocenters. The van der Waals surface area contributed by atoms with Crippen LogP contribution < -0.4 is 21.3 Å². The molecule has 0 saturated carbocycles. The fourth-order valence-corrected chi connectivity index (χ4v) is 1.58. The van der Waals surface area contributed by atoms with Gasteiger partial charge < -0.3 is 15.8 Å². The topological polar surface area (TPSA) is 103 Å². The fraction of sp³-hybridized carbons (Fsp3) is 0.273. The van der Waals surface area contributed by atoms with E-state index in [0.29, 0.717) is 24.5 Å². The maximum Gasteiger partial charge on any atom is 0.278 e. The number of benzene rings is 1. The Morgan fingerprint density at radius 2 is 2.33 bits per heavy atom. The summed E-state index contributed by atoms with van der Waals surface area (Å²) in [6, 6.07) is 5.15. The summed E-state index contributed by atoms with van der Waals surface area (Å²) < 4.78 is 5.43. The van der Waals surface area contributed by atoms with Crippen molar-refractivity contribution >= 4 is 17.5 Å². The van der Waals surface area contributed by atoms with Crippen LogP contribution in [0.4, 0.5) is 5.69 Å². The van der Waals surface area contributed by atoms with E-state index < -0.39 is 11.8 Å². The molecule has 1 aliphatic rings. The maximum atomic E-state index is 11.8. The van der Waals surface area contributed by atoms with E-state index in [9.17, 15) is 9.59 Å². The van der Waals surface area contributed by atoms with Crippen LogP contribution >= 0.6 is 0 Å². The van der Waals surface area contributed by atoms with Crippen LogP contribution in [0.15, 0.2) is 18.2 Å². The normalized spacial score (nSPS) is 12.9. The molecule has 0 spiro atoms. The van der Waals surface area contributed by atoms with Crippen LogP contribution in [0.5, 0.6) is 5.75 Å². The molecule has 7 nitrogen and oxygen atoms in total. The molecule has 2 rings (SSSR count). The van der Waals surface area contributed by atoms with Gasteiger partial charge in [-0.1, -0.05) is 6.07 Å². The van der Waals surface area contributed by atoms with Crippen molar-refractivity contribution in [2.24, 2.45) is 5.73 Å². The number of hydroxylamine groups is 1. The average Bonchev–Trinajstić information content (AvgIpc) is 2.37. The smallest absolute Gasteiger partial charge is 0.278 e. The van der Waals surface area contributed by atoms with Crippen LogP contribution in [-0.2, 0) is 9.63 Å². The molecule has 0 bridgehead atoms. The minimum Gasteiger partial charge on any atom is -0.489 e. The fourth-order valence-electron chi connectivity index (χ4n) is 1.58. The number of hydrogen-bond acceptors (Lipinski definition) is 5. The lowest BCUT2D eigenvalue weighted by atomic mass is 10.1. The van der Waals surface area contributed by atoms with Crippen LogP contribution in [0.3, 0.4) is 0 Å². The van der Waals surface area contributed by atoms with Gasteiger partial charge >= 0.3 is 0 Å². The van der Waals surface area contributed by atoms with Crippen LogP contribution in [0.1, 0.15) is 10.4 Å². The molecule has 0 fully saturated rings. The van der Waals surface area contributed by atoms with Crippen molar-refractivity contribution in [3.05, 3.63) is 23.8 Å². The van der Waals surface area contributed by atoms with Crippen molar-refractivity contribution in [3.8, 4) is 5.75 Å². The van der Waals surface area contributed by atoms with E-state index in [4.69, 9.17) is 10.5 Å². The number of anilines is 1. The Hall–Kier alpha value is -2.28. The number of hydrogen-bond donors (Lipinski definition) is 3. The first-order chi connectivity index (χ1) is 8.68. The summed E-state index contributed by atoms with van der Waals surface area (Å²) in [5.74, 6) is -0.677. The minimum absolute atomic E-state index is 0.337. The summed E-state index contributed by atoms with van der Waals surface area (Å²) in [4.78, 5) is 26.9. The van der Waals surface area contributed by atoms with Gasteiger partial charge in [-0.2, -0.15) is 0 Å². The first-order valence-corrected chi connectivity index (χ1v) is 5.38. The molecule has 0 radical (unpaired) electrons. The van der Waals surface area contributed by atoms with Gasteiger partial charge in [0.05, 0.1) is 11.3 Å². The highest BCUT2D eigenvalue weighted by atomic mass is 16.7. The lowest BCUT2D eigenvalue weighted by Crippen LogP contribution is -2.30. The third kappa shape index (κ3) is 2.69. The Bertz CT molecular complexity index is 475. The van der Waals surface area contributed by atoms with E-state index in [-0.39, 0.29) is 6.61 Å². The number of nitrogens with two attached hydrogens (primary N) is 1. The lowest BCUT2D eigenvalue weighted by molar-refractivity contribution is -0.124. The summed E-state index contributed by atoms with van der Waals surface area (Å²) in [7, 11) is 0. The Kier molecular flexibility index (Phi) is 3.63. The second-order valence-corrected chi connectivity index (χ2v) is 3.64. The molecule has 1 aromatic carbocycles. The molecule has 4 N–H and O–H groups in total. The standard InChI is InChI=1S/C11H13N3O4/c12-9(15)6-18-14-11(16)7-2-1-3-8-10(7)17-5-4-13-8/h1-3,13H,4-6H2,(H2,12,15)(H,14,16). The van der Waals surface area contributed by atoms with Crippen molar-refractivity contribution in [1.82, 2.24) is 5.48 Å². The molecule has 96 valence electrons. The number of carbonyl (C=O) groups is 2. The zero-order chi connectivity index (χ0) is 13.0. The molecule has 0 saturated heterocycles. The predicted octanol–water partition coefficient (Wildman–Crippen LogP) is -0.362. The quantitative estimate of drug-likeness (QED) is 0.634. The molecule has 1 aliphatic heterocycles. The highest BCUT2D eigenvalue weighted by molar-refractivity contribution is 5.98. The van der Waals surface area contributed by atoms with Gasteiger partial charge in [0.25, 0.3) is 5.91 Å². The Labute approximate surface area is 103 Å². The number of primary amides is 1. The minimum atomic E-state index is -0.664. The molecule has 0 atom stereocenters. The van der Waals surface area contributed by atoms with Crippen LogP contribution in [-0.4, -0.2) is 31.6 Å². The zero-order valence-electron chi connectivity index (χ0n) is 9.56.